The minimum atomic E-state index is -0.619. The molecule has 1 N–H and O–H groups in total. The van der Waals surface area contributed by atoms with Crippen molar-refractivity contribution in [3.8, 4) is 0 Å². The molecule has 1 aromatic heterocycles. The lowest BCUT2D eigenvalue weighted by molar-refractivity contribution is 0.0575. The molecule has 0 unspecified atom stereocenters. The second kappa shape index (κ2) is 6.68. The lowest BCUT2D eigenvalue weighted by atomic mass is 10.0. The van der Waals surface area contributed by atoms with Gasteiger partial charge in [-0.3, -0.25) is 4.90 Å². The summed E-state index contributed by atoms with van der Waals surface area (Å²) in [6.07, 6.45) is 1.84. The molecule has 7 nitrogen and oxygen atoms in total. The van der Waals surface area contributed by atoms with Crippen LogP contribution in [0.5, 0.6) is 0 Å². The predicted octanol–water partition coefficient (Wildman–Crippen LogP) is 2.62. The molecule has 24 heavy (non-hydrogen) atoms. The molecule has 0 aliphatic heterocycles. The third-order valence-electron chi connectivity index (χ3n) is 3.85. The normalized spacial score (nSPS) is 15.8. The van der Waals surface area contributed by atoms with E-state index in [-0.39, 0.29) is 17.7 Å². The topological polar surface area (TPSA) is 89.0 Å². The minimum absolute atomic E-state index is 0.0722. The van der Waals surface area contributed by atoms with Gasteiger partial charge in [-0.2, -0.15) is 0 Å². The first-order chi connectivity index (χ1) is 11.1. The van der Waals surface area contributed by atoms with Gasteiger partial charge in [0.1, 0.15) is 5.60 Å². The van der Waals surface area contributed by atoms with E-state index in [4.69, 9.17) is 9.47 Å². The fourth-order valence-electron chi connectivity index (χ4n) is 2.18. The SMILES string of the molecule is COC(=O)c1nc(N(C)C(=O)OC(C)(C)C)sc1CC1(CO)CC1. The molecule has 1 saturated carbocycles. The van der Waals surface area contributed by atoms with Gasteiger partial charge in [0.25, 0.3) is 0 Å². The molecule has 1 amide bonds. The van der Waals surface area contributed by atoms with Crippen LogP contribution in [0.25, 0.3) is 0 Å². The van der Waals surface area contributed by atoms with Crippen LogP contribution in [0.3, 0.4) is 0 Å². The predicted molar refractivity (Wildman–Crippen MR) is 90.5 cm³/mol. The van der Waals surface area contributed by atoms with Gasteiger partial charge < -0.3 is 14.6 Å². The van der Waals surface area contributed by atoms with Crippen LogP contribution in [-0.4, -0.2) is 48.5 Å². The van der Waals surface area contributed by atoms with Gasteiger partial charge in [-0.1, -0.05) is 0 Å². The van der Waals surface area contributed by atoms with Crippen molar-refractivity contribution in [3.63, 3.8) is 0 Å². The van der Waals surface area contributed by atoms with Crippen LogP contribution in [0.15, 0.2) is 0 Å². The third kappa shape index (κ3) is 4.24. The number of amides is 1. The average Bonchev–Trinajstić information content (AvgIpc) is 3.15. The number of hydrogen-bond acceptors (Lipinski definition) is 7. The van der Waals surface area contributed by atoms with Crippen LogP contribution in [0, 0.1) is 5.41 Å². The van der Waals surface area contributed by atoms with E-state index in [1.165, 1.54) is 23.3 Å². The molecule has 0 atom stereocenters. The van der Waals surface area contributed by atoms with Gasteiger partial charge >= 0.3 is 12.1 Å². The number of aliphatic hydroxyl groups excluding tert-OH is 1. The summed E-state index contributed by atoms with van der Waals surface area (Å²) < 4.78 is 10.1. The van der Waals surface area contributed by atoms with Gasteiger partial charge in [0, 0.05) is 18.5 Å². The molecule has 1 aliphatic rings. The maximum absolute atomic E-state index is 12.2. The number of aromatic nitrogens is 1. The second-order valence-corrected chi connectivity index (χ2v) is 8.20. The van der Waals surface area contributed by atoms with Crippen LogP contribution in [0.4, 0.5) is 9.93 Å². The summed E-state index contributed by atoms with van der Waals surface area (Å²) in [6.45, 7) is 5.42. The van der Waals surface area contributed by atoms with E-state index in [9.17, 15) is 14.7 Å². The Balaban J connectivity index is 2.26. The van der Waals surface area contributed by atoms with Crippen molar-refractivity contribution in [1.29, 1.82) is 0 Å². The molecule has 134 valence electrons. The molecule has 1 heterocycles. The molecule has 1 aliphatic carbocycles. The standard InChI is InChI=1S/C16H24N2O5S/c1-15(2,3)23-14(21)18(4)13-17-11(12(20)22-5)10(24-13)8-16(9-19)6-7-16/h19H,6-9H2,1-5H3. The van der Waals surface area contributed by atoms with E-state index < -0.39 is 17.7 Å². The number of hydrogen-bond donors (Lipinski definition) is 1. The zero-order valence-electron chi connectivity index (χ0n) is 14.7. The number of anilines is 1. The largest absolute Gasteiger partial charge is 0.464 e. The van der Waals surface area contributed by atoms with Crippen LogP contribution in [0.2, 0.25) is 0 Å². The monoisotopic (exact) mass is 356 g/mol. The van der Waals surface area contributed by atoms with E-state index in [1.54, 1.807) is 27.8 Å². The van der Waals surface area contributed by atoms with Crippen molar-refractivity contribution in [3.05, 3.63) is 10.6 Å². The van der Waals surface area contributed by atoms with Crippen molar-refractivity contribution in [2.45, 2.75) is 45.6 Å². The summed E-state index contributed by atoms with van der Waals surface area (Å²) in [5.74, 6) is -0.543. The Morgan fingerprint density at radius 1 is 1.38 bits per heavy atom. The molecule has 0 bridgehead atoms. The summed E-state index contributed by atoms with van der Waals surface area (Å²) in [6, 6.07) is 0. The number of methoxy groups -OCH3 is 1. The number of carbonyl (C=O) groups is 2. The minimum Gasteiger partial charge on any atom is -0.464 e. The summed E-state index contributed by atoms with van der Waals surface area (Å²) in [7, 11) is 2.85. The van der Waals surface area contributed by atoms with Gasteiger partial charge in [0.05, 0.1) is 7.11 Å². The molecule has 8 heteroatoms. The Hall–Kier alpha value is -1.67. The highest BCUT2D eigenvalue weighted by Crippen LogP contribution is 2.49. The number of rotatable bonds is 5. The van der Waals surface area contributed by atoms with Crippen molar-refractivity contribution in [2.75, 3.05) is 25.7 Å². The van der Waals surface area contributed by atoms with Crippen molar-refractivity contribution in [1.82, 2.24) is 4.98 Å². The third-order valence-corrected chi connectivity index (χ3v) is 4.98. The van der Waals surface area contributed by atoms with Gasteiger partial charge in [0.15, 0.2) is 10.8 Å². The quantitative estimate of drug-likeness (QED) is 0.816. The highest BCUT2D eigenvalue weighted by molar-refractivity contribution is 7.16. The molecular formula is C16H24N2O5S. The molecule has 0 radical (unpaired) electrons. The van der Waals surface area contributed by atoms with Gasteiger partial charge in [-0.25, -0.2) is 14.6 Å². The van der Waals surface area contributed by atoms with Gasteiger partial charge in [-0.05, 0) is 45.4 Å². The van der Waals surface area contributed by atoms with Crippen LogP contribution < -0.4 is 4.90 Å². The van der Waals surface area contributed by atoms with Crippen molar-refractivity contribution in [2.24, 2.45) is 5.41 Å². The lowest BCUT2D eigenvalue weighted by Gasteiger charge is -2.23. The molecular weight excluding hydrogens is 332 g/mol. The van der Waals surface area contributed by atoms with Crippen molar-refractivity contribution < 1.29 is 24.2 Å². The Bertz CT molecular complexity index is 631. The zero-order chi connectivity index (χ0) is 18.1. The first-order valence-electron chi connectivity index (χ1n) is 7.76. The summed E-state index contributed by atoms with van der Waals surface area (Å²) in [5, 5.41) is 9.89. The van der Waals surface area contributed by atoms with E-state index in [0.717, 1.165) is 17.7 Å². The molecule has 1 fully saturated rings. The van der Waals surface area contributed by atoms with Crippen LogP contribution >= 0.6 is 11.3 Å². The Kier molecular flexibility index (Phi) is 5.19. The molecule has 2 rings (SSSR count). The first kappa shape index (κ1) is 18.7. The van der Waals surface area contributed by atoms with E-state index >= 15 is 0 Å². The van der Waals surface area contributed by atoms with Gasteiger partial charge in [0.2, 0.25) is 0 Å². The lowest BCUT2D eigenvalue weighted by Crippen LogP contribution is -2.34. The number of thiazole rings is 1. The number of nitrogens with zero attached hydrogens (tertiary/aromatic N) is 2. The Morgan fingerprint density at radius 2 is 2.00 bits per heavy atom. The number of carbonyl (C=O) groups excluding carboxylic acids is 2. The molecule has 0 aromatic carbocycles. The van der Waals surface area contributed by atoms with Crippen molar-refractivity contribution >= 4 is 28.5 Å². The Morgan fingerprint density at radius 3 is 2.46 bits per heavy atom. The average molecular weight is 356 g/mol. The maximum Gasteiger partial charge on any atom is 0.416 e. The molecule has 0 spiro atoms. The number of esters is 1. The van der Waals surface area contributed by atoms with Gasteiger partial charge in [-0.15, -0.1) is 11.3 Å². The number of aliphatic hydroxyl groups is 1. The second-order valence-electron chi connectivity index (χ2n) is 7.13. The van der Waals surface area contributed by atoms with Crippen LogP contribution in [0.1, 0.15) is 49.0 Å². The fraction of sp³-hybridized carbons (Fsp3) is 0.688. The summed E-state index contributed by atoms with van der Waals surface area (Å²) in [4.78, 5) is 30.4. The maximum atomic E-state index is 12.2. The summed E-state index contributed by atoms with van der Waals surface area (Å²) in [5.41, 5.74) is -0.588. The van der Waals surface area contributed by atoms with E-state index in [0.29, 0.717) is 11.6 Å². The molecule has 0 saturated heterocycles. The fourth-order valence-corrected chi connectivity index (χ4v) is 3.35. The van der Waals surface area contributed by atoms with Crippen LogP contribution in [-0.2, 0) is 15.9 Å². The first-order valence-corrected chi connectivity index (χ1v) is 8.58. The Labute approximate surface area is 145 Å². The highest BCUT2D eigenvalue weighted by atomic mass is 32.1. The number of ether oxygens (including phenoxy) is 2. The van der Waals surface area contributed by atoms with E-state index in [1.807, 2.05) is 0 Å². The summed E-state index contributed by atoms with van der Waals surface area (Å²) >= 11 is 1.25. The van der Waals surface area contributed by atoms with E-state index in [2.05, 4.69) is 4.98 Å². The molecule has 1 aromatic rings. The zero-order valence-corrected chi connectivity index (χ0v) is 15.5. The highest BCUT2D eigenvalue weighted by Gasteiger charge is 2.43. The smallest absolute Gasteiger partial charge is 0.416 e.